The first-order valence-corrected chi connectivity index (χ1v) is 3.44. The highest BCUT2D eigenvalue weighted by atomic mass is 16.6. The maximum Gasteiger partial charge on any atom is 0.262 e. The van der Waals surface area contributed by atoms with E-state index in [1.165, 1.54) is 5.01 Å². The van der Waals surface area contributed by atoms with Gasteiger partial charge in [0, 0.05) is 20.0 Å². The van der Waals surface area contributed by atoms with Gasteiger partial charge in [0.25, 0.3) is 5.91 Å². The van der Waals surface area contributed by atoms with Gasteiger partial charge in [0.2, 0.25) is 0 Å². The highest BCUT2D eigenvalue weighted by Gasteiger charge is 2.23. The first-order valence-electron chi connectivity index (χ1n) is 3.44. The molecule has 1 saturated heterocycles. The number of hydroxylamine groups is 1. The molecule has 0 aromatic heterocycles. The van der Waals surface area contributed by atoms with E-state index in [9.17, 15) is 4.79 Å². The minimum Gasteiger partial charge on any atom is -0.271 e. The minimum absolute atomic E-state index is 0.229. The molecule has 0 aromatic rings. The van der Waals surface area contributed by atoms with E-state index in [1.807, 2.05) is 13.8 Å². The van der Waals surface area contributed by atoms with Gasteiger partial charge in [0.05, 0.1) is 0 Å². The molecule has 0 unspecified atom stereocenters. The minimum atomic E-state index is -0.229. The average Bonchev–Trinajstić information content (AvgIpc) is 2.25. The number of carbonyl (C=O) groups excluding carboxylic acids is 1. The SMILES string of the molecule is CC.CN1CCC(=O)N1O. The highest BCUT2D eigenvalue weighted by Crippen LogP contribution is 2.04. The number of hydrazine groups is 1. The maximum absolute atomic E-state index is 10.4. The van der Waals surface area contributed by atoms with Gasteiger partial charge in [0.1, 0.15) is 0 Å². The third-order valence-electron chi connectivity index (χ3n) is 1.20. The zero-order valence-electron chi connectivity index (χ0n) is 6.66. The number of carbonyl (C=O) groups is 1. The summed E-state index contributed by atoms with van der Waals surface area (Å²) in [6, 6.07) is 0. The predicted molar refractivity (Wildman–Crippen MR) is 37.2 cm³/mol. The van der Waals surface area contributed by atoms with Crippen LogP contribution in [0.2, 0.25) is 0 Å². The summed E-state index contributed by atoms with van der Waals surface area (Å²) >= 11 is 0. The van der Waals surface area contributed by atoms with Crippen LogP contribution in [0.5, 0.6) is 0 Å². The fourth-order valence-corrected chi connectivity index (χ4v) is 0.643. The van der Waals surface area contributed by atoms with Gasteiger partial charge in [-0.25, -0.2) is 0 Å². The van der Waals surface area contributed by atoms with Crippen molar-refractivity contribution in [1.29, 1.82) is 0 Å². The van der Waals surface area contributed by atoms with Crippen molar-refractivity contribution in [3.8, 4) is 0 Å². The number of hydrogen-bond acceptors (Lipinski definition) is 3. The summed E-state index contributed by atoms with van der Waals surface area (Å²) in [6.45, 7) is 4.62. The molecule has 1 heterocycles. The molecule has 1 amide bonds. The zero-order valence-corrected chi connectivity index (χ0v) is 6.66. The van der Waals surface area contributed by atoms with E-state index in [4.69, 9.17) is 5.21 Å². The molecule has 1 N–H and O–H groups in total. The summed E-state index contributed by atoms with van der Waals surface area (Å²) in [5, 5.41) is 10.8. The Morgan fingerprint density at radius 2 is 2.00 bits per heavy atom. The van der Waals surface area contributed by atoms with Crippen LogP contribution in [0.1, 0.15) is 20.3 Å². The van der Waals surface area contributed by atoms with E-state index in [2.05, 4.69) is 0 Å². The van der Waals surface area contributed by atoms with Crippen molar-refractivity contribution >= 4 is 5.91 Å². The van der Waals surface area contributed by atoms with E-state index < -0.39 is 0 Å². The lowest BCUT2D eigenvalue weighted by molar-refractivity contribution is -0.211. The van der Waals surface area contributed by atoms with E-state index in [0.29, 0.717) is 18.1 Å². The molecule has 0 spiro atoms. The third-order valence-corrected chi connectivity index (χ3v) is 1.20. The quantitative estimate of drug-likeness (QED) is 0.505. The van der Waals surface area contributed by atoms with Crippen LogP contribution in [-0.2, 0) is 4.79 Å². The molecule has 4 nitrogen and oxygen atoms in total. The van der Waals surface area contributed by atoms with Crippen LogP contribution in [0.4, 0.5) is 0 Å². The van der Waals surface area contributed by atoms with Crippen molar-refractivity contribution in [3.63, 3.8) is 0 Å². The normalized spacial score (nSPS) is 18.8. The topological polar surface area (TPSA) is 43.8 Å². The summed E-state index contributed by atoms with van der Waals surface area (Å²) in [6.07, 6.45) is 0.424. The molecule has 0 atom stereocenters. The average molecular weight is 146 g/mol. The predicted octanol–water partition coefficient (Wildman–Crippen LogP) is 0.481. The lowest BCUT2D eigenvalue weighted by Crippen LogP contribution is -2.32. The third kappa shape index (κ3) is 1.97. The summed E-state index contributed by atoms with van der Waals surface area (Å²) in [4.78, 5) is 10.4. The molecule has 10 heavy (non-hydrogen) atoms. The number of hydrogen-bond donors (Lipinski definition) is 1. The highest BCUT2D eigenvalue weighted by molar-refractivity contribution is 5.76. The monoisotopic (exact) mass is 146 g/mol. The summed E-state index contributed by atoms with van der Waals surface area (Å²) < 4.78 is 0. The van der Waals surface area contributed by atoms with Crippen LogP contribution in [0, 0.1) is 0 Å². The number of amides is 1. The second-order valence-electron chi connectivity index (χ2n) is 1.81. The van der Waals surface area contributed by atoms with E-state index in [0.717, 1.165) is 0 Å². The van der Waals surface area contributed by atoms with Crippen molar-refractivity contribution in [2.24, 2.45) is 0 Å². The molecule has 0 bridgehead atoms. The van der Waals surface area contributed by atoms with Crippen LogP contribution in [0.3, 0.4) is 0 Å². The van der Waals surface area contributed by atoms with Crippen LogP contribution in [0.25, 0.3) is 0 Å². The molecule has 1 rings (SSSR count). The molecule has 0 aromatic carbocycles. The molecular weight excluding hydrogens is 132 g/mol. The summed E-state index contributed by atoms with van der Waals surface area (Å²) in [5.41, 5.74) is 0. The van der Waals surface area contributed by atoms with Crippen molar-refractivity contribution in [3.05, 3.63) is 0 Å². The fourth-order valence-electron chi connectivity index (χ4n) is 0.643. The first-order chi connectivity index (χ1) is 4.72. The Hall–Kier alpha value is -0.610. The Labute approximate surface area is 61.0 Å². The molecule has 0 saturated carbocycles. The van der Waals surface area contributed by atoms with Crippen LogP contribution in [-0.4, -0.2) is 34.9 Å². The van der Waals surface area contributed by atoms with E-state index >= 15 is 0 Å². The van der Waals surface area contributed by atoms with E-state index in [-0.39, 0.29) is 5.91 Å². The summed E-state index contributed by atoms with van der Waals surface area (Å²) in [5.74, 6) is -0.229. The van der Waals surface area contributed by atoms with Gasteiger partial charge >= 0.3 is 0 Å². The van der Waals surface area contributed by atoms with E-state index in [1.54, 1.807) is 7.05 Å². The second kappa shape index (κ2) is 4.24. The molecule has 4 heteroatoms. The molecule has 1 fully saturated rings. The van der Waals surface area contributed by atoms with Gasteiger partial charge in [-0.05, 0) is 0 Å². The van der Waals surface area contributed by atoms with Gasteiger partial charge < -0.3 is 0 Å². The van der Waals surface area contributed by atoms with Crippen molar-refractivity contribution < 1.29 is 10.0 Å². The standard InChI is InChI=1S/C4H8N2O2.C2H6/c1-5-3-2-4(7)6(5)8;1-2/h8H,2-3H2,1H3;1-2H3. The van der Waals surface area contributed by atoms with Gasteiger partial charge in [-0.3, -0.25) is 10.0 Å². The Kier molecular flexibility index (Phi) is 3.99. The largest absolute Gasteiger partial charge is 0.271 e. The van der Waals surface area contributed by atoms with Crippen LogP contribution >= 0.6 is 0 Å². The maximum atomic E-state index is 10.4. The Bertz CT molecular complexity index is 116. The van der Waals surface area contributed by atoms with Crippen molar-refractivity contribution in [2.75, 3.05) is 13.6 Å². The Morgan fingerprint density at radius 1 is 1.50 bits per heavy atom. The molecule has 1 aliphatic rings. The van der Waals surface area contributed by atoms with Crippen LogP contribution in [0.15, 0.2) is 0 Å². The van der Waals surface area contributed by atoms with Crippen molar-refractivity contribution in [2.45, 2.75) is 20.3 Å². The van der Waals surface area contributed by atoms with Gasteiger partial charge in [-0.1, -0.05) is 13.8 Å². The molecule has 0 radical (unpaired) electrons. The zero-order chi connectivity index (χ0) is 8.15. The van der Waals surface area contributed by atoms with Gasteiger partial charge in [-0.2, -0.15) is 5.01 Å². The Morgan fingerprint density at radius 3 is 2.10 bits per heavy atom. The molecule has 0 aliphatic carbocycles. The Balaban J connectivity index is 0.000000371. The molecule has 60 valence electrons. The number of rotatable bonds is 0. The lowest BCUT2D eigenvalue weighted by Gasteiger charge is -2.14. The number of nitrogens with zero attached hydrogens (tertiary/aromatic N) is 2. The second-order valence-corrected chi connectivity index (χ2v) is 1.81. The van der Waals surface area contributed by atoms with Gasteiger partial charge in [-0.15, -0.1) is 5.17 Å². The lowest BCUT2D eigenvalue weighted by atomic mass is 10.4. The van der Waals surface area contributed by atoms with Crippen LogP contribution < -0.4 is 0 Å². The summed E-state index contributed by atoms with van der Waals surface area (Å²) in [7, 11) is 1.66. The molecule has 1 aliphatic heterocycles. The fraction of sp³-hybridized carbons (Fsp3) is 0.833. The van der Waals surface area contributed by atoms with Crippen molar-refractivity contribution in [1.82, 2.24) is 10.2 Å². The van der Waals surface area contributed by atoms with Gasteiger partial charge in [0.15, 0.2) is 0 Å². The smallest absolute Gasteiger partial charge is 0.262 e. The first kappa shape index (κ1) is 9.39. The molecular formula is C6H14N2O2.